The van der Waals surface area contributed by atoms with Crippen LogP contribution in [0.5, 0.6) is 5.75 Å². The lowest BCUT2D eigenvalue weighted by atomic mass is 9.78. The summed E-state index contributed by atoms with van der Waals surface area (Å²) in [5.74, 6) is 0.628. The van der Waals surface area contributed by atoms with Crippen molar-refractivity contribution in [2.75, 3.05) is 6.61 Å². The minimum Gasteiger partial charge on any atom is -0.493 e. The van der Waals surface area contributed by atoms with Crippen LogP contribution in [0.25, 0.3) is 0 Å². The molecule has 3 aromatic rings. The SMILES string of the molecule is CC(C)(c1ccccc1)c1ccc(OC[C@@H]2CCC[C@@H]2N2C(=O)c3ccccc3C2=O)cc1. The molecule has 2 aliphatic rings. The van der Waals surface area contributed by atoms with Gasteiger partial charge in [0.1, 0.15) is 5.75 Å². The second-order valence-corrected chi connectivity index (χ2v) is 9.61. The predicted octanol–water partition coefficient (Wildman–Crippen LogP) is 5.86. The number of nitrogens with zero attached hydrogens (tertiary/aromatic N) is 1. The number of rotatable bonds is 6. The molecule has 1 aliphatic carbocycles. The largest absolute Gasteiger partial charge is 0.493 e. The van der Waals surface area contributed by atoms with Gasteiger partial charge >= 0.3 is 0 Å². The van der Waals surface area contributed by atoms with Gasteiger partial charge in [-0.05, 0) is 48.2 Å². The van der Waals surface area contributed by atoms with Gasteiger partial charge in [-0.1, -0.05) is 74.9 Å². The highest BCUT2D eigenvalue weighted by molar-refractivity contribution is 6.21. The summed E-state index contributed by atoms with van der Waals surface area (Å²) in [4.78, 5) is 27.3. The van der Waals surface area contributed by atoms with Crippen LogP contribution in [0.1, 0.15) is 65.0 Å². The smallest absolute Gasteiger partial charge is 0.261 e. The number of hydrogen-bond acceptors (Lipinski definition) is 3. The quantitative estimate of drug-likeness (QED) is 0.452. The van der Waals surface area contributed by atoms with Gasteiger partial charge < -0.3 is 4.74 Å². The number of ether oxygens (including phenoxy) is 1. The maximum Gasteiger partial charge on any atom is 0.261 e. The number of carbonyl (C=O) groups is 2. The highest BCUT2D eigenvalue weighted by Gasteiger charge is 2.44. The summed E-state index contributed by atoms with van der Waals surface area (Å²) in [6.45, 7) is 4.95. The van der Waals surface area contributed by atoms with Crippen molar-refractivity contribution in [2.24, 2.45) is 5.92 Å². The second-order valence-electron chi connectivity index (χ2n) is 9.61. The topological polar surface area (TPSA) is 46.6 Å². The van der Waals surface area contributed by atoms with Crippen LogP contribution < -0.4 is 4.74 Å². The molecule has 0 radical (unpaired) electrons. The fraction of sp³-hybridized carbons (Fsp3) is 0.310. The van der Waals surface area contributed by atoms with Crippen molar-refractivity contribution < 1.29 is 14.3 Å². The lowest BCUT2D eigenvalue weighted by Crippen LogP contribution is -2.43. The molecule has 33 heavy (non-hydrogen) atoms. The van der Waals surface area contributed by atoms with Crippen LogP contribution >= 0.6 is 0 Å². The van der Waals surface area contributed by atoms with Crippen molar-refractivity contribution in [2.45, 2.75) is 44.6 Å². The summed E-state index contributed by atoms with van der Waals surface area (Å²) in [7, 11) is 0. The number of imide groups is 1. The van der Waals surface area contributed by atoms with Gasteiger partial charge in [0.15, 0.2) is 0 Å². The van der Waals surface area contributed by atoms with Crippen LogP contribution in [0, 0.1) is 5.92 Å². The molecule has 0 aromatic heterocycles. The summed E-state index contributed by atoms with van der Waals surface area (Å²) < 4.78 is 6.15. The lowest BCUT2D eigenvalue weighted by molar-refractivity contribution is 0.0522. The van der Waals surface area contributed by atoms with Gasteiger partial charge in [-0.2, -0.15) is 0 Å². The highest BCUT2D eigenvalue weighted by atomic mass is 16.5. The van der Waals surface area contributed by atoms with E-state index in [1.165, 1.54) is 16.0 Å². The lowest BCUT2D eigenvalue weighted by Gasteiger charge is -2.28. The van der Waals surface area contributed by atoms with Crippen LogP contribution in [-0.4, -0.2) is 29.4 Å². The number of fused-ring (bicyclic) bond motifs is 1. The van der Waals surface area contributed by atoms with Crippen LogP contribution in [0.3, 0.4) is 0 Å². The Bertz CT molecular complexity index is 1130. The third kappa shape index (κ3) is 3.84. The Balaban J connectivity index is 1.26. The average molecular weight is 440 g/mol. The fourth-order valence-electron chi connectivity index (χ4n) is 5.25. The van der Waals surface area contributed by atoms with Crippen molar-refractivity contribution in [3.63, 3.8) is 0 Å². The Morgan fingerprint density at radius 2 is 1.36 bits per heavy atom. The molecule has 1 saturated carbocycles. The number of amides is 2. The maximum absolute atomic E-state index is 12.9. The first-order valence-corrected chi connectivity index (χ1v) is 11.7. The normalized spacial score (nSPS) is 20.2. The van der Waals surface area contributed by atoms with Gasteiger partial charge in [-0.15, -0.1) is 0 Å². The van der Waals surface area contributed by atoms with E-state index in [9.17, 15) is 9.59 Å². The van der Waals surface area contributed by atoms with Crippen LogP contribution in [-0.2, 0) is 5.41 Å². The van der Waals surface area contributed by atoms with Gasteiger partial charge in [0, 0.05) is 17.4 Å². The predicted molar refractivity (Wildman–Crippen MR) is 129 cm³/mol. The van der Waals surface area contributed by atoms with Crippen molar-refractivity contribution in [1.82, 2.24) is 4.90 Å². The van der Waals surface area contributed by atoms with Crippen molar-refractivity contribution in [3.8, 4) is 5.75 Å². The van der Waals surface area contributed by atoms with E-state index in [1.807, 2.05) is 30.3 Å². The maximum atomic E-state index is 12.9. The number of benzene rings is 3. The molecule has 0 bridgehead atoms. The summed E-state index contributed by atoms with van der Waals surface area (Å²) in [5.41, 5.74) is 3.44. The van der Waals surface area contributed by atoms with E-state index < -0.39 is 0 Å². The monoisotopic (exact) mass is 439 g/mol. The molecule has 2 atom stereocenters. The molecule has 168 valence electrons. The Morgan fingerprint density at radius 1 is 0.788 bits per heavy atom. The first kappa shape index (κ1) is 21.4. The summed E-state index contributed by atoms with van der Waals surface area (Å²) in [6, 6.07) is 25.8. The van der Waals surface area contributed by atoms with Crippen molar-refractivity contribution in [1.29, 1.82) is 0 Å². The van der Waals surface area contributed by atoms with E-state index in [2.05, 4.69) is 50.2 Å². The molecule has 0 spiro atoms. The molecular formula is C29H29NO3. The van der Waals surface area contributed by atoms with E-state index in [0.717, 1.165) is 25.0 Å². The first-order valence-electron chi connectivity index (χ1n) is 11.7. The molecule has 0 saturated heterocycles. The highest BCUT2D eigenvalue weighted by Crippen LogP contribution is 2.36. The van der Waals surface area contributed by atoms with E-state index in [4.69, 9.17) is 4.74 Å². The molecule has 0 N–H and O–H groups in total. The summed E-state index contributed by atoms with van der Waals surface area (Å²) in [6.07, 6.45) is 2.79. The Kier molecular flexibility index (Phi) is 5.53. The third-order valence-corrected chi connectivity index (χ3v) is 7.31. The Morgan fingerprint density at radius 3 is 2.00 bits per heavy atom. The van der Waals surface area contributed by atoms with Crippen molar-refractivity contribution >= 4 is 11.8 Å². The summed E-state index contributed by atoms with van der Waals surface area (Å²) in [5, 5.41) is 0. The van der Waals surface area contributed by atoms with E-state index in [1.54, 1.807) is 12.1 Å². The van der Waals surface area contributed by atoms with E-state index in [0.29, 0.717) is 17.7 Å². The van der Waals surface area contributed by atoms with Crippen LogP contribution in [0.15, 0.2) is 78.9 Å². The molecule has 4 heteroatoms. The third-order valence-electron chi connectivity index (χ3n) is 7.31. The molecule has 1 fully saturated rings. The Hall–Kier alpha value is -3.40. The molecular weight excluding hydrogens is 410 g/mol. The Labute approximate surface area is 195 Å². The first-order chi connectivity index (χ1) is 16.0. The fourth-order valence-corrected chi connectivity index (χ4v) is 5.25. The van der Waals surface area contributed by atoms with E-state index >= 15 is 0 Å². The standard InChI is InChI=1S/C29H29NO3/c1-29(2,21-10-4-3-5-11-21)22-15-17-23(18-16-22)33-19-20-9-8-14-26(20)30-27(31)24-12-6-7-13-25(24)28(30)32/h3-7,10-13,15-18,20,26H,8-9,14,19H2,1-2H3/t20-,26-/m0/s1. The number of carbonyl (C=O) groups excluding carboxylic acids is 2. The molecule has 1 aliphatic heterocycles. The van der Waals surface area contributed by atoms with Gasteiger partial charge in [-0.25, -0.2) is 0 Å². The zero-order valence-electron chi connectivity index (χ0n) is 19.2. The van der Waals surface area contributed by atoms with Crippen molar-refractivity contribution in [3.05, 3.63) is 101 Å². The van der Waals surface area contributed by atoms with Gasteiger partial charge in [0.05, 0.1) is 17.7 Å². The van der Waals surface area contributed by atoms with Crippen LogP contribution in [0.4, 0.5) is 0 Å². The van der Waals surface area contributed by atoms with E-state index in [-0.39, 0.29) is 29.2 Å². The summed E-state index contributed by atoms with van der Waals surface area (Å²) >= 11 is 0. The zero-order chi connectivity index (χ0) is 23.0. The van der Waals surface area contributed by atoms with Gasteiger partial charge in [-0.3, -0.25) is 14.5 Å². The molecule has 2 amide bonds. The molecule has 5 rings (SSSR count). The number of hydrogen-bond donors (Lipinski definition) is 0. The second kappa shape index (κ2) is 8.51. The molecule has 0 unspecified atom stereocenters. The molecule has 3 aromatic carbocycles. The van der Waals surface area contributed by atoms with Crippen LogP contribution in [0.2, 0.25) is 0 Å². The minimum absolute atomic E-state index is 0.0954. The van der Waals surface area contributed by atoms with Gasteiger partial charge in [0.25, 0.3) is 11.8 Å². The molecule has 4 nitrogen and oxygen atoms in total. The van der Waals surface area contributed by atoms with Gasteiger partial charge in [0.2, 0.25) is 0 Å². The molecule has 1 heterocycles. The average Bonchev–Trinajstić information content (AvgIpc) is 3.40. The zero-order valence-corrected chi connectivity index (χ0v) is 19.2. The minimum atomic E-state index is -0.167.